The first-order chi connectivity index (χ1) is 8.58. The topological polar surface area (TPSA) is 88.8 Å². The lowest BCUT2D eigenvalue weighted by Gasteiger charge is -2.07. The molecule has 0 saturated carbocycles. The highest BCUT2D eigenvalue weighted by Crippen LogP contribution is 2.11. The molecule has 18 heavy (non-hydrogen) atoms. The molecule has 0 fully saturated rings. The summed E-state index contributed by atoms with van der Waals surface area (Å²) in [6.45, 7) is 2.32. The predicted octanol–water partition coefficient (Wildman–Crippen LogP) is 1.90. The number of hydrogen-bond donors (Lipinski definition) is 2. The van der Waals surface area contributed by atoms with Gasteiger partial charge in [-0.3, -0.25) is 15.2 Å². The van der Waals surface area contributed by atoms with Crippen LogP contribution in [0, 0.1) is 21.8 Å². The first kappa shape index (κ1) is 12.2. The molecule has 8 heteroatoms. The summed E-state index contributed by atoms with van der Waals surface area (Å²) in [5, 5.41) is 17.1. The Hall–Kier alpha value is -2.22. The molecular formula is C10H11N5O2S. The van der Waals surface area contributed by atoms with E-state index in [1.54, 1.807) is 16.8 Å². The number of nitrogens with one attached hydrogen (secondary N) is 2. The average Bonchev–Trinajstić information content (AvgIpc) is 2.67. The molecule has 0 spiro atoms. The predicted molar refractivity (Wildman–Crippen MR) is 68.3 cm³/mol. The molecule has 1 aromatic heterocycles. The van der Waals surface area contributed by atoms with Crippen molar-refractivity contribution < 1.29 is 4.92 Å². The number of aromatic amines is 1. The van der Waals surface area contributed by atoms with Gasteiger partial charge in [-0.1, -0.05) is 12.1 Å². The molecule has 2 N–H and O–H groups in total. The molecule has 1 aromatic carbocycles. The lowest BCUT2D eigenvalue weighted by atomic mass is 10.2. The van der Waals surface area contributed by atoms with E-state index in [0.717, 1.165) is 11.4 Å². The second-order valence-electron chi connectivity index (χ2n) is 3.67. The molecule has 0 radical (unpaired) electrons. The van der Waals surface area contributed by atoms with Gasteiger partial charge in [-0.25, -0.2) is 4.68 Å². The van der Waals surface area contributed by atoms with Crippen molar-refractivity contribution in [2.75, 3.05) is 5.43 Å². The first-order valence-corrected chi connectivity index (χ1v) is 5.60. The molecule has 0 aliphatic heterocycles. The van der Waals surface area contributed by atoms with Gasteiger partial charge in [0.2, 0.25) is 4.77 Å². The van der Waals surface area contributed by atoms with E-state index in [1.807, 2.05) is 6.92 Å². The molecule has 94 valence electrons. The van der Waals surface area contributed by atoms with Crippen LogP contribution in [0.25, 0.3) is 0 Å². The van der Waals surface area contributed by atoms with Crippen molar-refractivity contribution in [2.24, 2.45) is 0 Å². The molecule has 2 rings (SSSR count). The second-order valence-corrected chi connectivity index (χ2v) is 4.06. The van der Waals surface area contributed by atoms with Crippen LogP contribution in [0.15, 0.2) is 24.3 Å². The molecule has 0 atom stereocenters. The third-order valence-corrected chi connectivity index (χ3v) is 2.70. The average molecular weight is 265 g/mol. The van der Waals surface area contributed by atoms with Gasteiger partial charge in [-0.15, -0.1) is 0 Å². The van der Waals surface area contributed by atoms with Crippen LogP contribution in [-0.2, 0) is 6.54 Å². The highest BCUT2D eigenvalue weighted by Gasteiger charge is 2.04. The number of aromatic nitrogens is 3. The van der Waals surface area contributed by atoms with Crippen LogP contribution < -0.4 is 5.43 Å². The number of nitro groups is 1. The maximum Gasteiger partial charge on any atom is 0.269 e. The van der Waals surface area contributed by atoms with Crippen molar-refractivity contribution in [1.82, 2.24) is 14.9 Å². The minimum atomic E-state index is -0.423. The highest BCUT2D eigenvalue weighted by molar-refractivity contribution is 7.71. The van der Waals surface area contributed by atoms with E-state index in [4.69, 9.17) is 12.2 Å². The Morgan fingerprint density at radius 1 is 1.50 bits per heavy atom. The standard InChI is InChI=1S/C10H11N5O2S/c1-7-12-13-10(18)14(7)11-6-8-2-4-9(5-3-8)15(16)17/h2-5,11H,6H2,1H3,(H,13,18). The SMILES string of the molecule is Cc1n[nH]c(=S)n1NCc1ccc([N+](=O)[O-])cc1. The molecule has 0 amide bonds. The van der Waals surface area contributed by atoms with Crippen LogP contribution >= 0.6 is 12.2 Å². The maximum atomic E-state index is 10.5. The largest absolute Gasteiger partial charge is 0.318 e. The maximum absolute atomic E-state index is 10.5. The lowest BCUT2D eigenvalue weighted by Crippen LogP contribution is -2.15. The summed E-state index contributed by atoms with van der Waals surface area (Å²) < 4.78 is 2.13. The molecule has 0 unspecified atom stereocenters. The number of benzene rings is 1. The monoisotopic (exact) mass is 265 g/mol. The third-order valence-electron chi connectivity index (χ3n) is 2.43. The molecule has 0 aliphatic carbocycles. The third kappa shape index (κ3) is 2.54. The van der Waals surface area contributed by atoms with Crippen molar-refractivity contribution in [3.8, 4) is 0 Å². The van der Waals surface area contributed by atoms with Crippen LogP contribution in [0.4, 0.5) is 5.69 Å². The lowest BCUT2D eigenvalue weighted by molar-refractivity contribution is -0.384. The fourth-order valence-electron chi connectivity index (χ4n) is 1.47. The van der Waals surface area contributed by atoms with E-state index in [0.29, 0.717) is 11.3 Å². The molecule has 7 nitrogen and oxygen atoms in total. The number of hydrogen-bond acceptors (Lipinski definition) is 5. The number of nitrogens with zero attached hydrogens (tertiary/aromatic N) is 3. The molecule has 0 aliphatic rings. The van der Waals surface area contributed by atoms with Crippen LogP contribution in [0.3, 0.4) is 0 Å². The summed E-state index contributed by atoms with van der Waals surface area (Å²) in [6, 6.07) is 6.34. The van der Waals surface area contributed by atoms with Gasteiger partial charge < -0.3 is 5.43 Å². The first-order valence-electron chi connectivity index (χ1n) is 5.19. The summed E-state index contributed by atoms with van der Waals surface area (Å²) in [7, 11) is 0. The Bertz CT molecular complexity index is 616. The van der Waals surface area contributed by atoms with Crippen molar-refractivity contribution in [3.05, 3.63) is 50.5 Å². The quantitative estimate of drug-likeness (QED) is 0.500. The van der Waals surface area contributed by atoms with Crippen LogP contribution in [0.5, 0.6) is 0 Å². The van der Waals surface area contributed by atoms with E-state index in [1.165, 1.54) is 12.1 Å². The number of rotatable bonds is 4. The fraction of sp³-hybridized carbons (Fsp3) is 0.200. The van der Waals surface area contributed by atoms with Gasteiger partial charge in [0.05, 0.1) is 11.5 Å². The van der Waals surface area contributed by atoms with Crippen molar-refractivity contribution in [1.29, 1.82) is 0 Å². The summed E-state index contributed by atoms with van der Waals surface area (Å²) in [5.41, 5.74) is 4.07. The minimum Gasteiger partial charge on any atom is -0.318 e. The highest BCUT2D eigenvalue weighted by atomic mass is 32.1. The molecule has 0 saturated heterocycles. The number of H-pyrrole nitrogens is 1. The molecular weight excluding hydrogens is 254 g/mol. The van der Waals surface area contributed by atoms with Gasteiger partial charge in [-0.05, 0) is 24.7 Å². The Balaban J connectivity index is 2.07. The summed E-state index contributed by atoms with van der Waals surface area (Å²) in [4.78, 5) is 10.1. The normalized spacial score (nSPS) is 10.3. The van der Waals surface area contributed by atoms with Crippen LogP contribution in [0.1, 0.15) is 11.4 Å². The van der Waals surface area contributed by atoms with Crippen molar-refractivity contribution in [3.63, 3.8) is 0 Å². The molecule has 0 bridgehead atoms. The van der Waals surface area contributed by atoms with E-state index in [-0.39, 0.29) is 5.69 Å². The van der Waals surface area contributed by atoms with E-state index in [2.05, 4.69) is 15.6 Å². The minimum absolute atomic E-state index is 0.0786. The van der Waals surface area contributed by atoms with Gasteiger partial charge in [0, 0.05) is 12.1 Å². The Kier molecular flexibility index (Phi) is 3.38. The Labute approximate surface area is 108 Å². The molecule has 2 aromatic rings. The van der Waals surface area contributed by atoms with Gasteiger partial charge in [-0.2, -0.15) is 5.10 Å². The van der Waals surface area contributed by atoms with E-state index < -0.39 is 4.92 Å². The van der Waals surface area contributed by atoms with Gasteiger partial charge in [0.1, 0.15) is 5.82 Å². The smallest absolute Gasteiger partial charge is 0.269 e. The number of nitro benzene ring substituents is 1. The number of aryl methyl sites for hydroxylation is 1. The summed E-state index contributed by atoms with van der Waals surface area (Å²) in [5.74, 6) is 0.724. The van der Waals surface area contributed by atoms with E-state index in [9.17, 15) is 10.1 Å². The van der Waals surface area contributed by atoms with Crippen LogP contribution in [-0.4, -0.2) is 19.8 Å². The van der Waals surface area contributed by atoms with Gasteiger partial charge in [0.25, 0.3) is 5.69 Å². The Morgan fingerprint density at radius 3 is 2.67 bits per heavy atom. The van der Waals surface area contributed by atoms with Crippen LogP contribution in [0.2, 0.25) is 0 Å². The van der Waals surface area contributed by atoms with E-state index >= 15 is 0 Å². The van der Waals surface area contributed by atoms with Crippen molar-refractivity contribution in [2.45, 2.75) is 13.5 Å². The zero-order valence-corrected chi connectivity index (χ0v) is 10.4. The van der Waals surface area contributed by atoms with Gasteiger partial charge in [0.15, 0.2) is 0 Å². The fourth-order valence-corrected chi connectivity index (χ4v) is 1.71. The Morgan fingerprint density at radius 2 is 2.17 bits per heavy atom. The second kappa shape index (κ2) is 4.96. The zero-order valence-electron chi connectivity index (χ0n) is 9.58. The molecule has 1 heterocycles. The summed E-state index contributed by atoms with van der Waals surface area (Å²) >= 11 is 5.04. The van der Waals surface area contributed by atoms with Crippen molar-refractivity contribution >= 4 is 17.9 Å². The zero-order chi connectivity index (χ0) is 13.1. The van der Waals surface area contributed by atoms with Gasteiger partial charge >= 0.3 is 0 Å². The number of non-ortho nitro benzene ring substituents is 1. The summed E-state index contributed by atoms with van der Waals surface area (Å²) in [6.07, 6.45) is 0.